The summed E-state index contributed by atoms with van der Waals surface area (Å²) in [5.74, 6) is 0.836. The van der Waals surface area contributed by atoms with Gasteiger partial charge in [0.2, 0.25) is 5.65 Å². The minimum absolute atomic E-state index is 0.593. The van der Waals surface area contributed by atoms with E-state index in [2.05, 4.69) is 20.5 Å². The van der Waals surface area contributed by atoms with Crippen LogP contribution in [0, 0.1) is 0 Å². The van der Waals surface area contributed by atoms with E-state index in [-0.39, 0.29) is 0 Å². The zero-order valence-corrected chi connectivity index (χ0v) is 7.01. The highest BCUT2D eigenvalue weighted by molar-refractivity contribution is 5.62. The van der Waals surface area contributed by atoms with Crippen molar-refractivity contribution >= 4 is 11.5 Å². The summed E-state index contributed by atoms with van der Waals surface area (Å²) in [6.07, 6.45) is 7.73. The molecule has 2 aromatic heterocycles. The molecule has 0 aliphatic heterocycles. The van der Waals surface area contributed by atoms with Gasteiger partial charge >= 0.3 is 0 Å². The Morgan fingerprint density at radius 2 is 2.38 bits per heavy atom. The highest BCUT2D eigenvalue weighted by Gasteiger charge is 2.22. The summed E-state index contributed by atoms with van der Waals surface area (Å²) in [4.78, 5) is 4.22. The zero-order chi connectivity index (χ0) is 8.67. The Morgan fingerprint density at radius 3 is 3.23 bits per heavy atom. The second-order valence-electron chi connectivity index (χ2n) is 3.26. The van der Waals surface area contributed by atoms with Crippen molar-refractivity contribution in [2.24, 2.45) is 0 Å². The topological polar surface area (TPSA) is 55.1 Å². The number of nitrogens with one attached hydrogen (secondary N) is 1. The van der Waals surface area contributed by atoms with Crippen molar-refractivity contribution in [1.29, 1.82) is 0 Å². The van der Waals surface area contributed by atoms with E-state index < -0.39 is 0 Å². The zero-order valence-electron chi connectivity index (χ0n) is 7.01. The fourth-order valence-corrected chi connectivity index (χ4v) is 1.28. The predicted molar refractivity (Wildman–Crippen MR) is 47.4 cm³/mol. The van der Waals surface area contributed by atoms with Crippen molar-refractivity contribution in [1.82, 2.24) is 19.6 Å². The molecule has 3 rings (SSSR count). The fourth-order valence-electron chi connectivity index (χ4n) is 1.28. The molecule has 13 heavy (non-hydrogen) atoms. The highest BCUT2D eigenvalue weighted by atomic mass is 15.2. The van der Waals surface area contributed by atoms with Crippen molar-refractivity contribution < 1.29 is 0 Å². The first-order valence-corrected chi connectivity index (χ1v) is 4.34. The van der Waals surface area contributed by atoms with E-state index in [4.69, 9.17) is 0 Å². The molecular formula is C8H9N5. The van der Waals surface area contributed by atoms with Crippen LogP contribution >= 0.6 is 0 Å². The summed E-state index contributed by atoms with van der Waals surface area (Å²) < 4.78 is 1.86. The molecule has 1 fully saturated rings. The lowest BCUT2D eigenvalue weighted by atomic mass is 10.5. The molecule has 0 atom stereocenters. The molecule has 5 heteroatoms. The van der Waals surface area contributed by atoms with E-state index in [0.717, 1.165) is 11.5 Å². The third kappa shape index (κ3) is 1.12. The summed E-state index contributed by atoms with van der Waals surface area (Å²) in [5, 5.41) is 11.1. The molecule has 1 aliphatic carbocycles. The molecule has 0 bridgehead atoms. The Labute approximate surface area is 74.8 Å². The summed E-state index contributed by atoms with van der Waals surface area (Å²) in [6.45, 7) is 0. The van der Waals surface area contributed by atoms with Crippen molar-refractivity contribution in [3.8, 4) is 0 Å². The van der Waals surface area contributed by atoms with Gasteiger partial charge in [-0.1, -0.05) is 0 Å². The van der Waals surface area contributed by atoms with Crippen LogP contribution in [0.1, 0.15) is 12.8 Å². The molecule has 0 saturated heterocycles. The van der Waals surface area contributed by atoms with Crippen molar-refractivity contribution in [2.45, 2.75) is 18.9 Å². The summed E-state index contributed by atoms with van der Waals surface area (Å²) in [6, 6.07) is 0.593. The highest BCUT2D eigenvalue weighted by Crippen LogP contribution is 2.24. The summed E-state index contributed by atoms with van der Waals surface area (Å²) in [7, 11) is 0. The van der Waals surface area contributed by atoms with Gasteiger partial charge in [0, 0.05) is 18.4 Å². The van der Waals surface area contributed by atoms with Gasteiger partial charge in [0.25, 0.3) is 0 Å². The maximum absolute atomic E-state index is 4.22. The van der Waals surface area contributed by atoms with Gasteiger partial charge in [-0.15, -0.1) is 10.2 Å². The Balaban J connectivity index is 2.09. The molecule has 0 spiro atoms. The summed E-state index contributed by atoms with van der Waals surface area (Å²) >= 11 is 0. The maximum atomic E-state index is 4.22. The third-order valence-corrected chi connectivity index (χ3v) is 2.13. The average molecular weight is 175 g/mol. The standard InChI is InChI=1S/C8H9N5/c1-2-6(1)11-7-8-12-10-5-13(8)4-3-9-7/h3-6H,1-2H2,(H,9,11). The van der Waals surface area contributed by atoms with Gasteiger partial charge < -0.3 is 5.32 Å². The first kappa shape index (κ1) is 6.82. The minimum atomic E-state index is 0.593. The van der Waals surface area contributed by atoms with E-state index in [1.165, 1.54) is 12.8 Å². The average Bonchev–Trinajstić information content (AvgIpc) is 2.83. The number of fused-ring (bicyclic) bond motifs is 1. The van der Waals surface area contributed by atoms with E-state index >= 15 is 0 Å². The number of aromatic nitrogens is 4. The monoisotopic (exact) mass is 175 g/mol. The van der Waals surface area contributed by atoms with Gasteiger partial charge in [0.15, 0.2) is 5.82 Å². The van der Waals surface area contributed by atoms with Crippen molar-refractivity contribution in [3.63, 3.8) is 0 Å². The van der Waals surface area contributed by atoms with E-state index in [1.807, 2.05) is 10.6 Å². The van der Waals surface area contributed by atoms with Crippen LogP contribution in [0.25, 0.3) is 5.65 Å². The van der Waals surface area contributed by atoms with Crippen LogP contribution in [0.3, 0.4) is 0 Å². The van der Waals surface area contributed by atoms with Crippen molar-refractivity contribution in [2.75, 3.05) is 5.32 Å². The Morgan fingerprint density at radius 1 is 1.46 bits per heavy atom. The van der Waals surface area contributed by atoms with Gasteiger partial charge in [-0.25, -0.2) is 4.98 Å². The number of hydrogen-bond acceptors (Lipinski definition) is 4. The molecule has 66 valence electrons. The van der Waals surface area contributed by atoms with Gasteiger partial charge in [0.1, 0.15) is 6.33 Å². The lowest BCUT2D eigenvalue weighted by Crippen LogP contribution is -2.04. The van der Waals surface area contributed by atoms with Gasteiger partial charge in [-0.05, 0) is 12.8 Å². The second-order valence-corrected chi connectivity index (χ2v) is 3.26. The largest absolute Gasteiger partial charge is 0.364 e. The second kappa shape index (κ2) is 2.42. The molecule has 2 heterocycles. The van der Waals surface area contributed by atoms with Gasteiger partial charge in [-0.2, -0.15) is 0 Å². The first-order chi connectivity index (χ1) is 6.43. The van der Waals surface area contributed by atoms with Crippen LogP contribution < -0.4 is 5.32 Å². The SMILES string of the molecule is c1cn2cnnc2c(NC2CC2)n1. The molecule has 0 unspecified atom stereocenters. The molecule has 5 nitrogen and oxygen atoms in total. The lowest BCUT2D eigenvalue weighted by Gasteiger charge is -2.02. The fraction of sp³-hybridized carbons (Fsp3) is 0.375. The molecule has 2 aromatic rings. The Bertz CT molecular complexity index is 431. The number of hydrogen-bond donors (Lipinski definition) is 1. The Hall–Kier alpha value is -1.65. The Kier molecular flexibility index (Phi) is 1.27. The van der Waals surface area contributed by atoms with E-state index in [1.54, 1.807) is 12.5 Å². The first-order valence-electron chi connectivity index (χ1n) is 4.34. The number of anilines is 1. The third-order valence-electron chi connectivity index (χ3n) is 2.13. The molecule has 1 saturated carbocycles. The minimum Gasteiger partial charge on any atom is -0.364 e. The smallest absolute Gasteiger partial charge is 0.203 e. The van der Waals surface area contributed by atoms with Gasteiger partial charge in [0.05, 0.1) is 0 Å². The normalized spacial score (nSPS) is 16.3. The molecular weight excluding hydrogens is 166 g/mol. The van der Waals surface area contributed by atoms with Crippen LogP contribution in [0.2, 0.25) is 0 Å². The lowest BCUT2D eigenvalue weighted by molar-refractivity contribution is 1.07. The number of nitrogens with zero attached hydrogens (tertiary/aromatic N) is 4. The van der Waals surface area contributed by atoms with Crippen molar-refractivity contribution in [3.05, 3.63) is 18.7 Å². The van der Waals surface area contributed by atoms with Gasteiger partial charge in [-0.3, -0.25) is 4.40 Å². The molecule has 0 amide bonds. The summed E-state index contributed by atoms with van der Waals surface area (Å²) in [5.41, 5.74) is 0.800. The van der Waals surface area contributed by atoms with Crippen LogP contribution in [-0.2, 0) is 0 Å². The molecule has 1 N–H and O–H groups in total. The van der Waals surface area contributed by atoms with Crippen LogP contribution in [0.15, 0.2) is 18.7 Å². The molecule has 1 aliphatic rings. The van der Waals surface area contributed by atoms with Crippen LogP contribution in [0.5, 0.6) is 0 Å². The van der Waals surface area contributed by atoms with E-state index in [9.17, 15) is 0 Å². The van der Waals surface area contributed by atoms with E-state index in [0.29, 0.717) is 6.04 Å². The molecule has 0 aromatic carbocycles. The quantitative estimate of drug-likeness (QED) is 0.729. The van der Waals surface area contributed by atoms with Crippen LogP contribution in [-0.4, -0.2) is 25.6 Å². The molecule has 0 radical (unpaired) electrons. The maximum Gasteiger partial charge on any atom is 0.203 e. The predicted octanol–water partition coefficient (Wildman–Crippen LogP) is 0.699. The van der Waals surface area contributed by atoms with Crippen LogP contribution in [0.4, 0.5) is 5.82 Å². The number of rotatable bonds is 2.